The molecule has 0 aliphatic rings. The Bertz CT molecular complexity index is 522. The van der Waals surface area contributed by atoms with E-state index in [0.717, 1.165) is 17.7 Å². The van der Waals surface area contributed by atoms with E-state index in [4.69, 9.17) is 4.74 Å². The molecule has 0 spiro atoms. The molecule has 4 nitrogen and oxygen atoms in total. The van der Waals surface area contributed by atoms with E-state index in [1.165, 1.54) is 0 Å². The fraction of sp³-hybridized carbons (Fsp3) is 0.333. The monoisotopic (exact) mass is 258 g/mol. The number of ether oxygens (including phenoxy) is 1. The molecule has 0 saturated carbocycles. The molecule has 2 unspecified atom stereocenters. The van der Waals surface area contributed by atoms with Crippen LogP contribution in [-0.4, -0.2) is 22.9 Å². The second kappa shape index (κ2) is 6.29. The molecule has 1 aromatic heterocycles. The van der Waals surface area contributed by atoms with E-state index in [9.17, 15) is 4.79 Å². The lowest BCUT2D eigenvalue weighted by Gasteiger charge is -2.18. The number of methoxy groups -OCH3 is 1. The van der Waals surface area contributed by atoms with Crippen LogP contribution in [0.25, 0.3) is 0 Å². The molecule has 2 aromatic rings. The Morgan fingerprint density at radius 1 is 1.37 bits per heavy atom. The minimum Gasteiger partial charge on any atom is -0.369 e. The summed E-state index contributed by atoms with van der Waals surface area (Å²) in [6.45, 7) is 2.51. The highest BCUT2D eigenvalue weighted by Gasteiger charge is 2.19. The first-order chi connectivity index (χ1) is 9.26. The largest absolute Gasteiger partial charge is 0.369 e. The lowest BCUT2D eigenvalue weighted by Crippen LogP contribution is -2.15. The van der Waals surface area contributed by atoms with Crippen LogP contribution in [0.5, 0.6) is 0 Å². The van der Waals surface area contributed by atoms with Gasteiger partial charge >= 0.3 is 0 Å². The van der Waals surface area contributed by atoms with Gasteiger partial charge in [-0.25, -0.2) is 4.98 Å². The smallest absolute Gasteiger partial charge is 0.142 e. The Labute approximate surface area is 113 Å². The zero-order chi connectivity index (χ0) is 13.7. The third-order valence-corrected chi connectivity index (χ3v) is 3.04. The second-order valence-electron chi connectivity index (χ2n) is 4.58. The van der Waals surface area contributed by atoms with Crippen molar-refractivity contribution in [1.82, 2.24) is 9.55 Å². The highest BCUT2D eigenvalue weighted by Crippen LogP contribution is 2.24. The second-order valence-corrected chi connectivity index (χ2v) is 4.58. The van der Waals surface area contributed by atoms with E-state index >= 15 is 0 Å². The van der Waals surface area contributed by atoms with Crippen LogP contribution >= 0.6 is 0 Å². The SMILES string of the molecule is COC(c1ccccc1)c1nccn1CC(C)C=O. The number of hydrogen-bond acceptors (Lipinski definition) is 3. The van der Waals surface area contributed by atoms with Crippen molar-refractivity contribution in [3.8, 4) is 0 Å². The maximum atomic E-state index is 10.8. The van der Waals surface area contributed by atoms with Crippen LogP contribution in [0, 0.1) is 5.92 Å². The van der Waals surface area contributed by atoms with E-state index < -0.39 is 0 Å². The van der Waals surface area contributed by atoms with Gasteiger partial charge in [-0.05, 0) is 5.56 Å². The van der Waals surface area contributed by atoms with Gasteiger partial charge in [0.25, 0.3) is 0 Å². The maximum absolute atomic E-state index is 10.8. The summed E-state index contributed by atoms with van der Waals surface area (Å²) in [5, 5.41) is 0. The molecule has 0 bridgehead atoms. The Morgan fingerprint density at radius 3 is 2.74 bits per heavy atom. The molecule has 2 rings (SSSR count). The van der Waals surface area contributed by atoms with Crippen LogP contribution in [0.1, 0.15) is 24.4 Å². The van der Waals surface area contributed by atoms with Gasteiger partial charge in [-0.2, -0.15) is 0 Å². The number of aromatic nitrogens is 2. The van der Waals surface area contributed by atoms with Crippen molar-refractivity contribution >= 4 is 6.29 Å². The van der Waals surface area contributed by atoms with Crippen molar-refractivity contribution in [3.63, 3.8) is 0 Å². The highest BCUT2D eigenvalue weighted by atomic mass is 16.5. The van der Waals surface area contributed by atoms with Crippen LogP contribution in [0.4, 0.5) is 0 Å². The molecule has 0 amide bonds. The van der Waals surface area contributed by atoms with Crippen molar-refractivity contribution in [2.75, 3.05) is 7.11 Å². The van der Waals surface area contributed by atoms with Crippen LogP contribution in [0.3, 0.4) is 0 Å². The van der Waals surface area contributed by atoms with E-state index in [2.05, 4.69) is 4.98 Å². The van der Waals surface area contributed by atoms with Crippen molar-refractivity contribution < 1.29 is 9.53 Å². The third kappa shape index (κ3) is 3.09. The molecule has 0 saturated heterocycles. The average molecular weight is 258 g/mol. The topological polar surface area (TPSA) is 44.1 Å². The predicted molar refractivity (Wildman–Crippen MR) is 72.7 cm³/mol. The maximum Gasteiger partial charge on any atom is 0.142 e. The summed E-state index contributed by atoms with van der Waals surface area (Å²) >= 11 is 0. The van der Waals surface area contributed by atoms with Gasteiger partial charge in [0, 0.05) is 32.0 Å². The lowest BCUT2D eigenvalue weighted by molar-refractivity contribution is -0.111. The van der Waals surface area contributed by atoms with Crippen molar-refractivity contribution in [2.24, 2.45) is 5.92 Å². The van der Waals surface area contributed by atoms with E-state index in [1.54, 1.807) is 13.3 Å². The minimum absolute atomic E-state index is 0.0405. The van der Waals surface area contributed by atoms with Gasteiger partial charge in [0.2, 0.25) is 0 Å². The molecule has 0 aliphatic heterocycles. The van der Waals surface area contributed by atoms with Crippen LogP contribution in [0.15, 0.2) is 42.7 Å². The molecule has 1 aromatic carbocycles. The van der Waals surface area contributed by atoms with Gasteiger partial charge in [-0.1, -0.05) is 37.3 Å². The summed E-state index contributed by atoms with van der Waals surface area (Å²) in [6, 6.07) is 9.94. The molecule has 4 heteroatoms. The summed E-state index contributed by atoms with van der Waals surface area (Å²) < 4.78 is 7.54. The van der Waals surface area contributed by atoms with E-state index in [0.29, 0.717) is 6.54 Å². The molecular weight excluding hydrogens is 240 g/mol. The van der Waals surface area contributed by atoms with Gasteiger partial charge in [-0.3, -0.25) is 0 Å². The average Bonchev–Trinajstić information content (AvgIpc) is 2.89. The molecule has 0 fully saturated rings. The molecule has 0 radical (unpaired) electrons. The first-order valence-corrected chi connectivity index (χ1v) is 6.30. The van der Waals surface area contributed by atoms with Gasteiger partial charge in [0.15, 0.2) is 0 Å². The fourth-order valence-electron chi connectivity index (χ4n) is 2.09. The fourth-order valence-corrected chi connectivity index (χ4v) is 2.09. The summed E-state index contributed by atoms with van der Waals surface area (Å²) in [7, 11) is 1.67. The Balaban J connectivity index is 2.29. The molecule has 1 heterocycles. The Morgan fingerprint density at radius 2 is 2.11 bits per heavy atom. The number of aldehydes is 1. The lowest BCUT2D eigenvalue weighted by atomic mass is 10.1. The first kappa shape index (κ1) is 13.5. The van der Waals surface area contributed by atoms with Crippen molar-refractivity contribution in [2.45, 2.75) is 19.6 Å². The Hall–Kier alpha value is -1.94. The molecule has 0 aliphatic carbocycles. The number of imidazole rings is 1. The standard InChI is InChI=1S/C15H18N2O2/c1-12(11-18)10-17-9-8-16-15(17)14(19-2)13-6-4-3-5-7-13/h3-9,11-12,14H,10H2,1-2H3. The Kier molecular flexibility index (Phi) is 4.47. The molecule has 2 atom stereocenters. The van der Waals surface area contributed by atoms with Crippen LogP contribution in [-0.2, 0) is 16.1 Å². The number of carbonyl (C=O) groups excluding carboxylic acids is 1. The van der Waals surface area contributed by atoms with Crippen molar-refractivity contribution in [1.29, 1.82) is 0 Å². The first-order valence-electron chi connectivity index (χ1n) is 6.30. The zero-order valence-electron chi connectivity index (χ0n) is 11.2. The van der Waals surface area contributed by atoms with Crippen LogP contribution < -0.4 is 0 Å². The minimum atomic E-state index is -0.213. The molecule has 0 N–H and O–H groups in total. The number of hydrogen-bond donors (Lipinski definition) is 0. The number of benzene rings is 1. The quantitative estimate of drug-likeness (QED) is 0.748. The number of carbonyl (C=O) groups is 1. The molecular formula is C15H18N2O2. The molecule has 100 valence electrons. The highest BCUT2D eigenvalue weighted by molar-refractivity contribution is 5.52. The van der Waals surface area contributed by atoms with Crippen molar-refractivity contribution in [3.05, 3.63) is 54.1 Å². The predicted octanol–water partition coefficient (Wildman–Crippen LogP) is 2.45. The third-order valence-electron chi connectivity index (χ3n) is 3.04. The van der Waals surface area contributed by atoms with E-state index in [-0.39, 0.29) is 12.0 Å². The zero-order valence-corrected chi connectivity index (χ0v) is 11.2. The normalized spacial score (nSPS) is 14.0. The van der Waals surface area contributed by atoms with Gasteiger partial charge in [0.1, 0.15) is 18.2 Å². The van der Waals surface area contributed by atoms with Crippen LogP contribution in [0.2, 0.25) is 0 Å². The molecule has 19 heavy (non-hydrogen) atoms. The summed E-state index contributed by atoms with van der Waals surface area (Å²) in [5.74, 6) is 0.781. The number of nitrogens with zero attached hydrogens (tertiary/aromatic N) is 2. The number of rotatable bonds is 6. The van der Waals surface area contributed by atoms with Gasteiger partial charge in [-0.15, -0.1) is 0 Å². The summed E-state index contributed by atoms with van der Waals surface area (Å²) in [5.41, 5.74) is 1.05. The summed E-state index contributed by atoms with van der Waals surface area (Å²) in [6.07, 6.45) is 4.36. The summed E-state index contributed by atoms with van der Waals surface area (Å²) in [4.78, 5) is 15.2. The van der Waals surface area contributed by atoms with Gasteiger partial charge in [0.05, 0.1) is 0 Å². The van der Waals surface area contributed by atoms with Gasteiger partial charge < -0.3 is 14.1 Å². The van der Waals surface area contributed by atoms with E-state index in [1.807, 2.05) is 48.0 Å².